The van der Waals surface area contributed by atoms with Crippen LogP contribution in [0, 0.1) is 5.82 Å². The molecular formula is C20H16FN3O3S. The van der Waals surface area contributed by atoms with Crippen molar-refractivity contribution < 1.29 is 17.5 Å². The highest BCUT2D eigenvalue weighted by Crippen LogP contribution is 2.34. The number of hydrogen-bond donors (Lipinski definition) is 2. The zero-order chi connectivity index (χ0) is 19.7. The van der Waals surface area contributed by atoms with E-state index in [0.29, 0.717) is 11.3 Å². The van der Waals surface area contributed by atoms with Gasteiger partial charge in [0.2, 0.25) is 0 Å². The summed E-state index contributed by atoms with van der Waals surface area (Å²) in [6.45, 7) is 0. The standard InChI is InChI=1S/C20H16FN3O3S/c1-27-20-8-6-17(28(25,26)24-16-4-2-3-15(21)10-16)11-18(20)13-5-7-19-14(9-13)12-22-23-19/h2-12,24H,1H3,(H,22,23). The summed E-state index contributed by atoms with van der Waals surface area (Å²) in [5.41, 5.74) is 2.43. The largest absolute Gasteiger partial charge is 0.496 e. The van der Waals surface area contributed by atoms with Crippen LogP contribution in [-0.4, -0.2) is 25.7 Å². The van der Waals surface area contributed by atoms with E-state index in [1.165, 1.54) is 37.4 Å². The molecule has 8 heteroatoms. The molecule has 0 amide bonds. The first kappa shape index (κ1) is 18.0. The van der Waals surface area contributed by atoms with Crippen molar-refractivity contribution in [2.24, 2.45) is 0 Å². The Bertz CT molecular complexity index is 1270. The Hall–Kier alpha value is -3.39. The lowest BCUT2D eigenvalue weighted by atomic mass is 10.0. The number of nitrogens with one attached hydrogen (secondary N) is 2. The molecule has 0 unspecified atom stereocenters. The third kappa shape index (κ3) is 3.41. The van der Waals surface area contributed by atoms with Crippen molar-refractivity contribution in [3.63, 3.8) is 0 Å². The second-order valence-corrected chi connectivity index (χ2v) is 7.83. The minimum Gasteiger partial charge on any atom is -0.496 e. The summed E-state index contributed by atoms with van der Waals surface area (Å²) in [6, 6.07) is 15.5. The van der Waals surface area contributed by atoms with Gasteiger partial charge in [0.15, 0.2) is 0 Å². The van der Waals surface area contributed by atoms with Gasteiger partial charge >= 0.3 is 0 Å². The number of fused-ring (bicyclic) bond motifs is 1. The van der Waals surface area contributed by atoms with Gasteiger partial charge in [-0.15, -0.1) is 0 Å². The van der Waals surface area contributed by atoms with Crippen LogP contribution in [0.15, 0.2) is 71.8 Å². The van der Waals surface area contributed by atoms with Gasteiger partial charge in [-0.2, -0.15) is 5.10 Å². The molecule has 4 aromatic rings. The highest BCUT2D eigenvalue weighted by molar-refractivity contribution is 7.92. The third-order valence-electron chi connectivity index (χ3n) is 4.31. The van der Waals surface area contributed by atoms with Crippen LogP contribution in [-0.2, 0) is 10.0 Å². The quantitative estimate of drug-likeness (QED) is 0.529. The third-order valence-corrected chi connectivity index (χ3v) is 5.69. The Balaban J connectivity index is 1.77. The van der Waals surface area contributed by atoms with Gasteiger partial charge in [-0.05, 0) is 54.1 Å². The molecule has 142 valence electrons. The highest BCUT2D eigenvalue weighted by Gasteiger charge is 2.18. The summed E-state index contributed by atoms with van der Waals surface area (Å²) in [5, 5.41) is 7.77. The van der Waals surface area contributed by atoms with E-state index in [9.17, 15) is 12.8 Å². The summed E-state index contributed by atoms with van der Waals surface area (Å²) >= 11 is 0. The minimum atomic E-state index is -3.91. The predicted octanol–water partition coefficient (Wildman–Crippen LogP) is 4.18. The number of aromatic amines is 1. The second-order valence-electron chi connectivity index (χ2n) is 6.15. The zero-order valence-corrected chi connectivity index (χ0v) is 15.6. The molecule has 28 heavy (non-hydrogen) atoms. The van der Waals surface area contributed by atoms with Crippen LogP contribution in [0.4, 0.5) is 10.1 Å². The molecule has 0 spiro atoms. The van der Waals surface area contributed by atoms with E-state index in [4.69, 9.17) is 4.74 Å². The van der Waals surface area contributed by atoms with Gasteiger partial charge in [-0.1, -0.05) is 12.1 Å². The van der Waals surface area contributed by atoms with E-state index in [0.717, 1.165) is 22.5 Å². The Labute approximate surface area is 161 Å². The first-order valence-corrected chi connectivity index (χ1v) is 9.84. The predicted molar refractivity (Wildman–Crippen MR) is 105 cm³/mol. The monoisotopic (exact) mass is 397 g/mol. The summed E-state index contributed by atoms with van der Waals surface area (Å²) in [5.74, 6) is 0.0107. The van der Waals surface area contributed by atoms with E-state index in [1.807, 2.05) is 18.2 Å². The van der Waals surface area contributed by atoms with Crippen LogP contribution in [0.2, 0.25) is 0 Å². The van der Waals surface area contributed by atoms with Crippen molar-refractivity contribution in [2.45, 2.75) is 4.90 Å². The minimum absolute atomic E-state index is 0.0415. The fourth-order valence-electron chi connectivity index (χ4n) is 2.96. The molecule has 0 aliphatic carbocycles. The van der Waals surface area contributed by atoms with Crippen molar-refractivity contribution in [3.8, 4) is 16.9 Å². The smallest absolute Gasteiger partial charge is 0.261 e. The van der Waals surface area contributed by atoms with Gasteiger partial charge in [-0.25, -0.2) is 12.8 Å². The molecule has 0 aliphatic heterocycles. The van der Waals surface area contributed by atoms with Gasteiger partial charge in [0.1, 0.15) is 11.6 Å². The van der Waals surface area contributed by atoms with Gasteiger partial charge < -0.3 is 4.74 Å². The van der Waals surface area contributed by atoms with Crippen LogP contribution in [0.1, 0.15) is 0 Å². The zero-order valence-electron chi connectivity index (χ0n) is 14.8. The average molecular weight is 397 g/mol. The molecule has 0 bridgehead atoms. The Morgan fingerprint density at radius 2 is 1.93 bits per heavy atom. The number of H-pyrrole nitrogens is 1. The molecule has 4 rings (SSSR count). The van der Waals surface area contributed by atoms with Crippen molar-refractivity contribution in [2.75, 3.05) is 11.8 Å². The average Bonchev–Trinajstić information content (AvgIpc) is 3.15. The molecule has 2 N–H and O–H groups in total. The first-order valence-electron chi connectivity index (χ1n) is 8.36. The Kier molecular flexibility index (Phi) is 4.48. The van der Waals surface area contributed by atoms with Crippen molar-refractivity contribution in [1.82, 2.24) is 10.2 Å². The summed E-state index contributed by atoms with van der Waals surface area (Å²) in [6.07, 6.45) is 1.69. The maximum absolute atomic E-state index is 13.4. The van der Waals surface area contributed by atoms with Gasteiger partial charge in [-0.3, -0.25) is 9.82 Å². The lowest BCUT2D eigenvalue weighted by molar-refractivity contribution is 0.416. The number of sulfonamides is 1. The van der Waals surface area contributed by atoms with Gasteiger partial charge in [0, 0.05) is 10.9 Å². The van der Waals surface area contributed by atoms with Crippen molar-refractivity contribution >= 4 is 26.6 Å². The van der Waals surface area contributed by atoms with Crippen LogP contribution in [0.25, 0.3) is 22.0 Å². The lowest BCUT2D eigenvalue weighted by Gasteiger charge is -2.13. The van der Waals surface area contributed by atoms with E-state index in [-0.39, 0.29) is 10.6 Å². The fraction of sp³-hybridized carbons (Fsp3) is 0.0500. The van der Waals surface area contributed by atoms with E-state index >= 15 is 0 Å². The molecule has 0 saturated carbocycles. The Morgan fingerprint density at radius 1 is 1.07 bits per heavy atom. The SMILES string of the molecule is COc1ccc(S(=O)(=O)Nc2cccc(F)c2)cc1-c1ccc2[nH]ncc2c1. The number of ether oxygens (including phenoxy) is 1. The summed E-state index contributed by atoms with van der Waals surface area (Å²) in [7, 11) is -2.39. The molecule has 1 heterocycles. The second kappa shape index (κ2) is 6.97. The maximum Gasteiger partial charge on any atom is 0.261 e. The summed E-state index contributed by atoms with van der Waals surface area (Å²) < 4.78 is 46.7. The van der Waals surface area contributed by atoms with E-state index in [1.54, 1.807) is 12.3 Å². The number of anilines is 1. The number of benzene rings is 3. The first-order chi connectivity index (χ1) is 13.5. The van der Waals surface area contributed by atoms with E-state index in [2.05, 4.69) is 14.9 Å². The molecule has 6 nitrogen and oxygen atoms in total. The number of aromatic nitrogens is 2. The summed E-state index contributed by atoms with van der Waals surface area (Å²) in [4.78, 5) is 0.0415. The lowest BCUT2D eigenvalue weighted by Crippen LogP contribution is -2.13. The highest BCUT2D eigenvalue weighted by atomic mass is 32.2. The molecular weight excluding hydrogens is 381 g/mol. The molecule has 0 radical (unpaired) electrons. The van der Waals surface area contributed by atoms with Crippen molar-refractivity contribution in [3.05, 3.63) is 72.7 Å². The number of halogens is 1. The topological polar surface area (TPSA) is 84.1 Å². The molecule has 3 aromatic carbocycles. The normalized spacial score (nSPS) is 11.5. The van der Waals surface area contributed by atoms with Crippen LogP contribution in [0.3, 0.4) is 0 Å². The molecule has 0 fully saturated rings. The van der Waals surface area contributed by atoms with Crippen molar-refractivity contribution in [1.29, 1.82) is 0 Å². The number of hydrogen-bond acceptors (Lipinski definition) is 4. The number of methoxy groups -OCH3 is 1. The van der Waals surface area contributed by atoms with Gasteiger partial charge in [0.05, 0.1) is 29.4 Å². The number of nitrogens with zero attached hydrogens (tertiary/aromatic N) is 1. The van der Waals surface area contributed by atoms with Crippen LogP contribution >= 0.6 is 0 Å². The molecule has 0 aliphatic rings. The maximum atomic E-state index is 13.4. The fourth-order valence-corrected chi connectivity index (χ4v) is 4.03. The number of rotatable bonds is 5. The van der Waals surface area contributed by atoms with Crippen LogP contribution in [0.5, 0.6) is 5.75 Å². The van der Waals surface area contributed by atoms with Crippen LogP contribution < -0.4 is 9.46 Å². The molecule has 1 aromatic heterocycles. The molecule has 0 atom stereocenters. The van der Waals surface area contributed by atoms with Gasteiger partial charge in [0.25, 0.3) is 10.0 Å². The van der Waals surface area contributed by atoms with E-state index < -0.39 is 15.8 Å². The molecule has 0 saturated heterocycles. The Morgan fingerprint density at radius 3 is 2.71 bits per heavy atom.